The molecule has 2 atom stereocenters. The first kappa shape index (κ1) is 13.1. The van der Waals surface area contributed by atoms with Crippen molar-refractivity contribution >= 4 is 16.8 Å². The van der Waals surface area contributed by atoms with Gasteiger partial charge >= 0.3 is 0 Å². The highest BCUT2D eigenvalue weighted by atomic mass is 15.3. The van der Waals surface area contributed by atoms with Crippen LogP contribution in [0.4, 0.5) is 0 Å². The molecule has 0 amide bonds. The Balaban J connectivity index is 2.17. The van der Waals surface area contributed by atoms with E-state index in [9.17, 15) is 0 Å². The number of H-pyrrole nitrogens is 1. The molecule has 0 bridgehead atoms. The highest BCUT2D eigenvalue weighted by Gasteiger charge is 2.23. The molecule has 106 valence electrons. The maximum Gasteiger partial charge on any atom is 0.179 e. The van der Waals surface area contributed by atoms with Gasteiger partial charge in [-0.15, -0.1) is 10.2 Å². The number of rotatable bonds is 5. The zero-order chi connectivity index (χ0) is 14.1. The average Bonchev–Trinajstić information content (AvgIpc) is 3.05. The summed E-state index contributed by atoms with van der Waals surface area (Å²) in [4.78, 5) is 7.52. The van der Waals surface area contributed by atoms with Crippen molar-refractivity contribution in [2.45, 2.75) is 46.0 Å². The predicted octanol–water partition coefficient (Wildman–Crippen LogP) is 3.54. The van der Waals surface area contributed by atoms with Gasteiger partial charge in [0, 0.05) is 12.1 Å². The second-order valence-electron chi connectivity index (χ2n) is 5.50. The van der Waals surface area contributed by atoms with Crippen LogP contribution in [-0.2, 0) is 0 Å². The lowest BCUT2D eigenvalue weighted by Crippen LogP contribution is -2.13. The van der Waals surface area contributed by atoms with Crippen molar-refractivity contribution in [2.75, 3.05) is 0 Å². The van der Waals surface area contributed by atoms with Gasteiger partial charge in [0.1, 0.15) is 5.82 Å². The molecule has 3 aromatic heterocycles. The van der Waals surface area contributed by atoms with Gasteiger partial charge in [-0.25, -0.2) is 4.98 Å². The van der Waals surface area contributed by atoms with Crippen LogP contribution in [0.15, 0.2) is 18.5 Å². The maximum absolute atomic E-state index is 4.46. The fourth-order valence-electron chi connectivity index (χ4n) is 3.13. The topological polar surface area (TPSA) is 58.9 Å². The Kier molecular flexibility index (Phi) is 3.42. The minimum atomic E-state index is 0.436. The van der Waals surface area contributed by atoms with Gasteiger partial charge < -0.3 is 4.98 Å². The summed E-state index contributed by atoms with van der Waals surface area (Å²) < 4.78 is 2.15. The van der Waals surface area contributed by atoms with Crippen molar-refractivity contribution in [3.8, 4) is 0 Å². The molecular weight excluding hydrogens is 250 g/mol. The van der Waals surface area contributed by atoms with Gasteiger partial charge in [0.2, 0.25) is 0 Å². The van der Waals surface area contributed by atoms with E-state index in [4.69, 9.17) is 0 Å². The third-order valence-corrected chi connectivity index (χ3v) is 4.17. The van der Waals surface area contributed by atoms with Gasteiger partial charge in [0.15, 0.2) is 11.3 Å². The molecule has 3 rings (SSSR count). The molecule has 0 fully saturated rings. The first-order chi connectivity index (χ1) is 9.76. The van der Waals surface area contributed by atoms with Gasteiger partial charge in [-0.05, 0) is 18.4 Å². The predicted molar refractivity (Wildman–Crippen MR) is 79.7 cm³/mol. The highest BCUT2D eigenvalue weighted by molar-refractivity contribution is 5.74. The zero-order valence-corrected chi connectivity index (χ0v) is 12.3. The molecule has 5 heteroatoms. The van der Waals surface area contributed by atoms with E-state index in [-0.39, 0.29) is 0 Å². The van der Waals surface area contributed by atoms with Crippen LogP contribution in [0.5, 0.6) is 0 Å². The summed E-state index contributed by atoms with van der Waals surface area (Å²) in [6.45, 7) is 6.78. The van der Waals surface area contributed by atoms with E-state index in [1.165, 1.54) is 12.8 Å². The lowest BCUT2D eigenvalue weighted by molar-refractivity contribution is 0.398. The number of aromatic amines is 1. The quantitative estimate of drug-likeness (QED) is 0.772. The Morgan fingerprint density at radius 1 is 1.30 bits per heavy atom. The molecule has 3 heterocycles. The summed E-state index contributed by atoms with van der Waals surface area (Å²) in [5.41, 5.74) is 2.77. The van der Waals surface area contributed by atoms with Gasteiger partial charge in [0.25, 0.3) is 0 Å². The van der Waals surface area contributed by atoms with Crippen molar-refractivity contribution in [3.05, 3.63) is 24.3 Å². The first-order valence-electron chi connectivity index (χ1n) is 7.43. The van der Waals surface area contributed by atoms with Crippen LogP contribution in [0.2, 0.25) is 0 Å². The number of nitrogens with zero attached hydrogens (tertiary/aromatic N) is 4. The van der Waals surface area contributed by atoms with Crippen molar-refractivity contribution < 1.29 is 0 Å². The molecule has 0 spiro atoms. The molecule has 5 nitrogen and oxygen atoms in total. The van der Waals surface area contributed by atoms with Crippen molar-refractivity contribution in [3.63, 3.8) is 0 Å². The number of fused-ring (bicyclic) bond motifs is 3. The first-order valence-corrected chi connectivity index (χ1v) is 7.43. The number of aromatic nitrogens is 5. The standard InChI is InChI=1S/C15H21N5/c1-4-6-10(3)11(5-2)15-19-18-13-9-17-14-12(20(13)15)7-8-16-14/h7-11,16H,4-6H2,1-3H3/t10-,11+/m0/s1. The minimum absolute atomic E-state index is 0.436. The second-order valence-corrected chi connectivity index (χ2v) is 5.50. The monoisotopic (exact) mass is 271 g/mol. The maximum atomic E-state index is 4.46. The molecule has 0 radical (unpaired) electrons. The largest absolute Gasteiger partial charge is 0.345 e. The summed E-state index contributed by atoms with van der Waals surface area (Å²) in [7, 11) is 0. The fraction of sp³-hybridized carbons (Fsp3) is 0.533. The molecule has 3 aromatic rings. The van der Waals surface area contributed by atoms with Gasteiger partial charge in [0.05, 0.1) is 11.7 Å². The van der Waals surface area contributed by atoms with Gasteiger partial charge in [-0.1, -0.05) is 33.6 Å². The molecule has 1 N–H and O–H groups in total. The van der Waals surface area contributed by atoms with Gasteiger partial charge in [-0.2, -0.15) is 0 Å². The van der Waals surface area contributed by atoms with Crippen LogP contribution >= 0.6 is 0 Å². The van der Waals surface area contributed by atoms with E-state index in [0.717, 1.165) is 29.1 Å². The summed E-state index contributed by atoms with van der Waals surface area (Å²) >= 11 is 0. The third-order valence-electron chi connectivity index (χ3n) is 4.17. The Labute approximate surface area is 118 Å². The van der Waals surface area contributed by atoms with Crippen LogP contribution in [0.25, 0.3) is 16.8 Å². The summed E-state index contributed by atoms with van der Waals surface area (Å²) in [5.74, 6) is 2.11. The Morgan fingerprint density at radius 3 is 2.90 bits per heavy atom. The van der Waals surface area contributed by atoms with Crippen LogP contribution < -0.4 is 0 Å². The van der Waals surface area contributed by atoms with Crippen molar-refractivity contribution in [2.24, 2.45) is 5.92 Å². The van der Waals surface area contributed by atoms with Crippen LogP contribution in [0, 0.1) is 5.92 Å². The van der Waals surface area contributed by atoms with E-state index >= 15 is 0 Å². The lowest BCUT2D eigenvalue weighted by Gasteiger charge is -2.20. The second kappa shape index (κ2) is 5.23. The van der Waals surface area contributed by atoms with Crippen LogP contribution in [0.1, 0.15) is 51.8 Å². The fourth-order valence-corrected chi connectivity index (χ4v) is 3.13. The molecular formula is C15H21N5. The third kappa shape index (κ3) is 1.97. The van der Waals surface area contributed by atoms with E-state index in [2.05, 4.69) is 45.3 Å². The molecule has 0 unspecified atom stereocenters. The summed E-state index contributed by atoms with van der Waals surface area (Å²) in [6, 6.07) is 2.04. The molecule has 0 aliphatic rings. The SMILES string of the molecule is CCC[C@H](C)[C@@H](CC)c1nnc2cnc3[nH]ccc3n12. The molecule has 20 heavy (non-hydrogen) atoms. The minimum Gasteiger partial charge on any atom is -0.345 e. The normalized spacial score (nSPS) is 14.9. The van der Waals surface area contributed by atoms with Crippen LogP contribution in [-0.4, -0.2) is 24.6 Å². The van der Waals surface area contributed by atoms with E-state index in [0.29, 0.717) is 11.8 Å². The number of hydrogen-bond donors (Lipinski definition) is 1. The van der Waals surface area contributed by atoms with E-state index in [1.807, 2.05) is 12.3 Å². The van der Waals surface area contributed by atoms with Crippen molar-refractivity contribution in [1.82, 2.24) is 24.6 Å². The number of hydrogen-bond acceptors (Lipinski definition) is 3. The Hall–Kier alpha value is -1.91. The van der Waals surface area contributed by atoms with Crippen LogP contribution in [0.3, 0.4) is 0 Å². The molecule has 0 saturated carbocycles. The lowest BCUT2D eigenvalue weighted by atomic mass is 9.87. The Bertz CT molecular complexity index is 711. The van der Waals surface area contributed by atoms with E-state index < -0.39 is 0 Å². The molecule has 0 saturated heterocycles. The highest BCUT2D eigenvalue weighted by Crippen LogP contribution is 2.31. The van der Waals surface area contributed by atoms with E-state index in [1.54, 1.807) is 6.20 Å². The molecule has 0 aliphatic carbocycles. The zero-order valence-electron chi connectivity index (χ0n) is 12.3. The summed E-state index contributed by atoms with van der Waals surface area (Å²) in [6.07, 6.45) is 7.20. The summed E-state index contributed by atoms with van der Waals surface area (Å²) in [5, 5.41) is 8.75. The average molecular weight is 271 g/mol. The molecule has 0 aromatic carbocycles. The van der Waals surface area contributed by atoms with Gasteiger partial charge in [-0.3, -0.25) is 4.40 Å². The Morgan fingerprint density at radius 2 is 2.15 bits per heavy atom. The van der Waals surface area contributed by atoms with Crippen molar-refractivity contribution in [1.29, 1.82) is 0 Å². The smallest absolute Gasteiger partial charge is 0.179 e. The molecule has 0 aliphatic heterocycles. The number of nitrogens with one attached hydrogen (secondary N) is 1.